The van der Waals surface area contributed by atoms with Crippen LogP contribution in [-0.4, -0.2) is 17.1 Å². The van der Waals surface area contributed by atoms with Crippen LogP contribution in [-0.2, 0) is 4.79 Å². The summed E-state index contributed by atoms with van der Waals surface area (Å²) in [4.78, 5) is 10.5. The van der Waals surface area contributed by atoms with Crippen LogP contribution in [0.3, 0.4) is 0 Å². The lowest BCUT2D eigenvalue weighted by atomic mass is 10.1. The highest BCUT2D eigenvalue weighted by Crippen LogP contribution is 2.22. The number of carbonyl (C=O) groups is 1. The van der Waals surface area contributed by atoms with E-state index in [-0.39, 0.29) is 0 Å². The summed E-state index contributed by atoms with van der Waals surface area (Å²) >= 11 is 5.85. The van der Waals surface area contributed by atoms with Crippen LogP contribution in [0.15, 0.2) is 30.3 Å². The maximum absolute atomic E-state index is 10.5. The molecular formula is C9H10ClNO2. The van der Waals surface area contributed by atoms with E-state index in [1.807, 2.05) is 6.07 Å². The first kappa shape index (κ1) is 10.0. The number of hydrogen-bond acceptors (Lipinski definition) is 2. The van der Waals surface area contributed by atoms with E-state index >= 15 is 0 Å². The van der Waals surface area contributed by atoms with Gasteiger partial charge in [0.25, 0.3) is 0 Å². The topological polar surface area (TPSA) is 63.3 Å². The minimum absolute atomic E-state index is 0.682. The van der Waals surface area contributed by atoms with Gasteiger partial charge in [0.1, 0.15) is 6.04 Å². The van der Waals surface area contributed by atoms with Gasteiger partial charge in [0, 0.05) is 0 Å². The molecule has 0 saturated heterocycles. The lowest BCUT2D eigenvalue weighted by Gasteiger charge is -2.13. The Morgan fingerprint density at radius 3 is 2.38 bits per heavy atom. The van der Waals surface area contributed by atoms with Crippen molar-refractivity contribution in [2.24, 2.45) is 5.73 Å². The van der Waals surface area contributed by atoms with Crippen LogP contribution in [0.2, 0.25) is 0 Å². The largest absolute Gasteiger partial charge is 0.480 e. The maximum Gasteiger partial charge on any atom is 0.322 e. The fraction of sp³-hybridized carbons (Fsp3) is 0.222. The summed E-state index contributed by atoms with van der Waals surface area (Å²) in [6.45, 7) is 0. The Balaban J connectivity index is 2.79. The van der Waals surface area contributed by atoms with E-state index in [0.29, 0.717) is 0 Å². The number of benzene rings is 1. The smallest absolute Gasteiger partial charge is 0.322 e. The molecule has 13 heavy (non-hydrogen) atoms. The average molecular weight is 200 g/mol. The molecule has 0 amide bonds. The molecule has 0 aliphatic heterocycles. The average Bonchev–Trinajstić information content (AvgIpc) is 2.17. The number of aliphatic carboxylic acids is 1. The van der Waals surface area contributed by atoms with Gasteiger partial charge in [-0.25, -0.2) is 0 Å². The van der Waals surface area contributed by atoms with Crippen molar-refractivity contribution in [3.05, 3.63) is 35.9 Å². The highest BCUT2D eigenvalue weighted by molar-refractivity contribution is 6.22. The van der Waals surface area contributed by atoms with Crippen LogP contribution < -0.4 is 5.73 Å². The van der Waals surface area contributed by atoms with Crippen LogP contribution >= 0.6 is 11.6 Å². The molecule has 4 heteroatoms. The van der Waals surface area contributed by atoms with Gasteiger partial charge in [0.2, 0.25) is 0 Å². The zero-order valence-electron chi connectivity index (χ0n) is 6.85. The minimum Gasteiger partial charge on any atom is -0.480 e. The molecule has 2 atom stereocenters. The number of halogens is 1. The van der Waals surface area contributed by atoms with E-state index < -0.39 is 17.4 Å². The van der Waals surface area contributed by atoms with Gasteiger partial charge >= 0.3 is 5.97 Å². The number of nitrogens with two attached hydrogens (primary N) is 1. The minimum atomic E-state index is -1.09. The van der Waals surface area contributed by atoms with Crippen molar-refractivity contribution in [3.63, 3.8) is 0 Å². The summed E-state index contributed by atoms with van der Waals surface area (Å²) in [5.41, 5.74) is 6.08. The van der Waals surface area contributed by atoms with Gasteiger partial charge < -0.3 is 10.8 Å². The maximum atomic E-state index is 10.5. The van der Waals surface area contributed by atoms with E-state index in [0.717, 1.165) is 5.56 Å². The van der Waals surface area contributed by atoms with Crippen LogP contribution in [0, 0.1) is 0 Å². The van der Waals surface area contributed by atoms with Crippen LogP contribution in [0.25, 0.3) is 0 Å². The lowest BCUT2D eigenvalue weighted by Crippen LogP contribution is -2.34. The quantitative estimate of drug-likeness (QED) is 0.723. The molecule has 0 saturated carbocycles. The Bertz CT molecular complexity index is 289. The normalized spacial score (nSPS) is 14.9. The predicted octanol–water partition coefficient (Wildman–Crippen LogP) is 1.38. The van der Waals surface area contributed by atoms with Crippen molar-refractivity contribution in [2.45, 2.75) is 11.4 Å². The molecule has 0 fully saturated rings. The van der Waals surface area contributed by atoms with Crippen LogP contribution in [0.5, 0.6) is 0 Å². The third-order valence-electron chi connectivity index (χ3n) is 1.72. The van der Waals surface area contributed by atoms with Crippen molar-refractivity contribution in [3.8, 4) is 0 Å². The number of carboxylic acids is 1. The highest BCUT2D eigenvalue weighted by Gasteiger charge is 2.22. The van der Waals surface area contributed by atoms with Crippen molar-refractivity contribution >= 4 is 17.6 Å². The van der Waals surface area contributed by atoms with Gasteiger partial charge in [-0.1, -0.05) is 30.3 Å². The molecule has 0 spiro atoms. The van der Waals surface area contributed by atoms with E-state index in [2.05, 4.69) is 0 Å². The van der Waals surface area contributed by atoms with E-state index in [9.17, 15) is 4.79 Å². The number of alkyl halides is 1. The molecule has 0 radical (unpaired) electrons. The molecule has 0 bridgehead atoms. The van der Waals surface area contributed by atoms with Gasteiger partial charge in [0.15, 0.2) is 0 Å². The molecule has 0 aromatic heterocycles. The number of hydrogen-bond donors (Lipinski definition) is 2. The molecule has 0 aliphatic carbocycles. The second-order valence-electron chi connectivity index (χ2n) is 2.68. The molecule has 0 heterocycles. The Morgan fingerprint density at radius 2 is 1.92 bits per heavy atom. The monoisotopic (exact) mass is 199 g/mol. The molecular weight excluding hydrogens is 190 g/mol. The second-order valence-corrected chi connectivity index (χ2v) is 3.15. The first-order chi connectivity index (χ1) is 6.13. The molecule has 70 valence electrons. The Hall–Kier alpha value is -1.06. The van der Waals surface area contributed by atoms with Gasteiger partial charge in [-0.2, -0.15) is 0 Å². The molecule has 3 nitrogen and oxygen atoms in total. The molecule has 1 aromatic rings. The molecule has 1 aromatic carbocycles. The fourth-order valence-electron chi connectivity index (χ4n) is 0.969. The molecule has 3 N–H and O–H groups in total. The Kier molecular flexibility index (Phi) is 3.28. The number of carboxylic acid groups (broad SMARTS) is 1. The first-order valence-corrected chi connectivity index (χ1v) is 4.24. The lowest BCUT2D eigenvalue weighted by molar-refractivity contribution is -0.138. The van der Waals surface area contributed by atoms with E-state index in [1.165, 1.54) is 0 Å². The zero-order chi connectivity index (χ0) is 9.84. The molecule has 0 aliphatic rings. The Labute approximate surface area is 81.1 Å². The Morgan fingerprint density at radius 1 is 1.38 bits per heavy atom. The van der Waals surface area contributed by atoms with Crippen LogP contribution in [0.1, 0.15) is 10.9 Å². The zero-order valence-corrected chi connectivity index (χ0v) is 7.61. The highest BCUT2D eigenvalue weighted by atomic mass is 35.5. The first-order valence-electron chi connectivity index (χ1n) is 3.80. The van der Waals surface area contributed by atoms with Gasteiger partial charge in [-0.3, -0.25) is 4.79 Å². The second kappa shape index (κ2) is 4.25. The fourth-order valence-corrected chi connectivity index (χ4v) is 1.22. The summed E-state index contributed by atoms with van der Waals surface area (Å²) in [7, 11) is 0. The molecule has 1 rings (SSSR count). The van der Waals surface area contributed by atoms with Gasteiger partial charge in [-0.05, 0) is 5.56 Å². The van der Waals surface area contributed by atoms with Crippen molar-refractivity contribution in [1.29, 1.82) is 0 Å². The summed E-state index contributed by atoms with van der Waals surface area (Å²) < 4.78 is 0. The number of rotatable bonds is 3. The summed E-state index contributed by atoms with van der Waals surface area (Å²) in [5.74, 6) is -1.09. The van der Waals surface area contributed by atoms with Gasteiger partial charge in [-0.15, -0.1) is 11.6 Å². The third kappa shape index (κ3) is 2.44. The summed E-state index contributed by atoms with van der Waals surface area (Å²) in [5, 5.41) is 7.92. The van der Waals surface area contributed by atoms with E-state index in [1.54, 1.807) is 24.3 Å². The van der Waals surface area contributed by atoms with E-state index in [4.69, 9.17) is 22.4 Å². The van der Waals surface area contributed by atoms with Crippen molar-refractivity contribution in [1.82, 2.24) is 0 Å². The summed E-state index contributed by atoms with van der Waals surface area (Å²) in [6, 6.07) is 7.85. The predicted molar refractivity (Wildman–Crippen MR) is 50.6 cm³/mol. The van der Waals surface area contributed by atoms with Crippen molar-refractivity contribution in [2.75, 3.05) is 0 Å². The molecule has 0 unspecified atom stereocenters. The van der Waals surface area contributed by atoms with Gasteiger partial charge in [0.05, 0.1) is 5.38 Å². The standard InChI is InChI=1S/C9H10ClNO2/c10-7(8(11)9(12)13)6-4-2-1-3-5-6/h1-5,7-8H,11H2,(H,12,13)/t7-,8+/m0/s1. The summed E-state index contributed by atoms with van der Waals surface area (Å²) in [6.07, 6.45) is 0. The van der Waals surface area contributed by atoms with Crippen molar-refractivity contribution < 1.29 is 9.90 Å². The third-order valence-corrected chi connectivity index (χ3v) is 2.24. The van der Waals surface area contributed by atoms with Crippen LogP contribution in [0.4, 0.5) is 0 Å². The SMILES string of the molecule is N[C@@H](C(=O)O)[C@@H](Cl)c1ccccc1.